The molecule has 114 valence electrons. The molecular formula is C19H14ClOPS. The summed E-state index contributed by atoms with van der Waals surface area (Å²) < 4.78 is 0. The summed E-state index contributed by atoms with van der Waals surface area (Å²) >= 11 is 7.29. The van der Waals surface area contributed by atoms with Crippen molar-refractivity contribution in [1.82, 2.24) is 0 Å². The molecule has 0 aromatic heterocycles. The van der Waals surface area contributed by atoms with Gasteiger partial charge in [0, 0.05) is 17.7 Å². The number of hydrogen-bond acceptors (Lipinski definition) is 2. The first-order chi connectivity index (χ1) is 11.2. The van der Waals surface area contributed by atoms with E-state index in [1.807, 2.05) is 36.4 Å². The fourth-order valence-electron chi connectivity index (χ4n) is 2.10. The molecule has 0 aliphatic carbocycles. The van der Waals surface area contributed by atoms with Gasteiger partial charge in [-0.25, -0.2) is 0 Å². The van der Waals surface area contributed by atoms with Crippen LogP contribution in [0.15, 0.2) is 84.9 Å². The van der Waals surface area contributed by atoms with Gasteiger partial charge in [-0.05, 0) is 46.3 Å². The lowest BCUT2D eigenvalue weighted by Crippen LogP contribution is -2.10. The molecular weight excluding hydrogens is 343 g/mol. The summed E-state index contributed by atoms with van der Waals surface area (Å²) in [5, 5.41) is 3.07. The first-order valence-corrected chi connectivity index (χ1v) is 10.3. The molecule has 0 saturated carbocycles. The van der Waals surface area contributed by atoms with Crippen molar-refractivity contribution >= 4 is 45.8 Å². The maximum atomic E-state index is 12.6. The summed E-state index contributed by atoms with van der Waals surface area (Å²) in [6, 6.07) is 27.4. The van der Waals surface area contributed by atoms with Gasteiger partial charge in [-0.15, -0.1) is 0 Å². The molecule has 0 amide bonds. The third-order valence-electron chi connectivity index (χ3n) is 3.24. The van der Waals surface area contributed by atoms with Crippen LogP contribution in [0.25, 0.3) is 0 Å². The molecule has 0 spiro atoms. The topological polar surface area (TPSA) is 17.1 Å². The average Bonchev–Trinajstić information content (AvgIpc) is 2.61. The largest absolute Gasteiger partial charge is 0.281 e. The van der Waals surface area contributed by atoms with Crippen LogP contribution >= 0.6 is 30.1 Å². The van der Waals surface area contributed by atoms with Gasteiger partial charge in [0.05, 0.1) is 0 Å². The summed E-state index contributed by atoms with van der Waals surface area (Å²) in [5.41, 5.74) is 0.679. The Morgan fingerprint density at radius 2 is 1.22 bits per heavy atom. The minimum Gasteiger partial charge on any atom is -0.281 e. The molecule has 0 aliphatic rings. The van der Waals surface area contributed by atoms with Crippen molar-refractivity contribution in [3.8, 4) is 0 Å². The van der Waals surface area contributed by atoms with Crippen molar-refractivity contribution in [2.24, 2.45) is 0 Å². The minimum atomic E-state index is -0.787. The molecule has 0 saturated heterocycles. The Morgan fingerprint density at radius 3 is 1.70 bits per heavy atom. The van der Waals surface area contributed by atoms with Gasteiger partial charge in [0.15, 0.2) is 0 Å². The smallest absolute Gasteiger partial charge is 0.224 e. The second kappa shape index (κ2) is 7.79. The quantitative estimate of drug-likeness (QED) is 0.593. The van der Waals surface area contributed by atoms with Crippen molar-refractivity contribution in [2.45, 2.75) is 0 Å². The Balaban J connectivity index is 1.90. The van der Waals surface area contributed by atoms with Crippen molar-refractivity contribution in [3.05, 3.63) is 95.5 Å². The second-order valence-electron chi connectivity index (χ2n) is 4.85. The van der Waals surface area contributed by atoms with E-state index in [9.17, 15) is 4.79 Å². The van der Waals surface area contributed by atoms with Crippen LogP contribution in [0.3, 0.4) is 0 Å². The Bertz CT molecular complexity index is 736. The molecule has 0 unspecified atom stereocenters. The molecule has 4 heteroatoms. The Morgan fingerprint density at radius 1 is 0.739 bits per heavy atom. The van der Waals surface area contributed by atoms with Gasteiger partial charge in [0.2, 0.25) is 5.12 Å². The maximum absolute atomic E-state index is 12.6. The molecule has 0 heterocycles. The van der Waals surface area contributed by atoms with Crippen LogP contribution in [0.2, 0.25) is 5.02 Å². The molecule has 0 aliphatic heterocycles. The summed E-state index contributed by atoms with van der Waals surface area (Å²) in [6.07, 6.45) is 0. The van der Waals surface area contributed by atoms with E-state index < -0.39 is 7.12 Å². The zero-order valence-electron chi connectivity index (χ0n) is 12.2. The predicted molar refractivity (Wildman–Crippen MR) is 102 cm³/mol. The zero-order valence-corrected chi connectivity index (χ0v) is 14.7. The van der Waals surface area contributed by atoms with Crippen LogP contribution in [0.4, 0.5) is 0 Å². The van der Waals surface area contributed by atoms with Crippen LogP contribution in [0, 0.1) is 0 Å². The summed E-state index contributed by atoms with van der Waals surface area (Å²) in [4.78, 5) is 12.6. The highest BCUT2D eigenvalue weighted by atomic mass is 35.5. The number of rotatable bonds is 4. The molecule has 23 heavy (non-hydrogen) atoms. The standard InChI is InChI=1S/C19H14ClOPS/c20-16-13-11-15(12-14-16)19(21)23-22(17-7-3-1-4-8-17)18-9-5-2-6-10-18/h1-14H. The SMILES string of the molecule is O=C(SP(c1ccccc1)c1ccccc1)c1ccc(Cl)cc1. The average molecular weight is 357 g/mol. The van der Waals surface area contributed by atoms with Crippen LogP contribution in [-0.2, 0) is 0 Å². The van der Waals surface area contributed by atoms with E-state index in [0.29, 0.717) is 10.6 Å². The first-order valence-electron chi connectivity index (χ1n) is 7.12. The normalized spacial score (nSPS) is 10.7. The van der Waals surface area contributed by atoms with Crippen LogP contribution in [0.5, 0.6) is 0 Å². The predicted octanol–water partition coefficient (Wildman–Crippen LogP) is 5.26. The van der Waals surface area contributed by atoms with Crippen molar-refractivity contribution in [2.75, 3.05) is 0 Å². The van der Waals surface area contributed by atoms with Crippen molar-refractivity contribution in [1.29, 1.82) is 0 Å². The van der Waals surface area contributed by atoms with Crippen LogP contribution < -0.4 is 10.6 Å². The fourth-order valence-corrected chi connectivity index (χ4v) is 6.21. The zero-order chi connectivity index (χ0) is 16.1. The van der Waals surface area contributed by atoms with E-state index in [1.54, 1.807) is 24.3 Å². The van der Waals surface area contributed by atoms with Crippen molar-refractivity contribution in [3.63, 3.8) is 0 Å². The Hall–Kier alpha value is -1.60. The number of carbonyl (C=O) groups excluding carboxylic acids is 1. The molecule has 0 radical (unpaired) electrons. The third kappa shape index (κ3) is 4.23. The van der Waals surface area contributed by atoms with E-state index >= 15 is 0 Å². The van der Waals surface area contributed by atoms with E-state index in [2.05, 4.69) is 24.3 Å². The van der Waals surface area contributed by atoms with Crippen LogP contribution in [-0.4, -0.2) is 5.12 Å². The first kappa shape index (κ1) is 16.3. The Kier molecular flexibility index (Phi) is 5.51. The monoisotopic (exact) mass is 356 g/mol. The maximum Gasteiger partial charge on any atom is 0.224 e. The lowest BCUT2D eigenvalue weighted by Gasteiger charge is -2.16. The van der Waals surface area contributed by atoms with Gasteiger partial charge in [0.25, 0.3) is 0 Å². The Labute approximate surface area is 146 Å². The lowest BCUT2D eigenvalue weighted by molar-refractivity contribution is 0.109. The second-order valence-corrected chi connectivity index (χ2v) is 9.11. The highest BCUT2D eigenvalue weighted by Gasteiger charge is 2.19. The van der Waals surface area contributed by atoms with E-state index in [1.165, 1.54) is 22.0 Å². The van der Waals surface area contributed by atoms with Gasteiger partial charge in [-0.1, -0.05) is 72.3 Å². The summed E-state index contributed by atoms with van der Waals surface area (Å²) in [5.74, 6) is 0. The summed E-state index contributed by atoms with van der Waals surface area (Å²) in [7, 11) is -0.787. The number of benzene rings is 3. The van der Waals surface area contributed by atoms with Gasteiger partial charge < -0.3 is 0 Å². The lowest BCUT2D eigenvalue weighted by atomic mass is 10.2. The van der Waals surface area contributed by atoms with Gasteiger partial charge in [-0.3, -0.25) is 4.79 Å². The van der Waals surface area contributed by atoms with E-state index in [-0.39, 0.29) is 5.12 Å². The summed E-state index contributed by atoms with van der Waals surface area (Å²) in [6.45, 7) is 0. The molecule has 0 bridgehead atoms. The number of halogens is 1. The highest BCUT2D eigenvalue weighted by Crippen LogP contribution is 2.49. The molecule has 1 nitrogen and oxygen atoms in total. The van der Waals surface area contributed by atoms with Gasteiger partial charge in [-0.2, -0.15) is 0 Å². The molecule has 0 atom stereocenters. The minimum absolute atomic E-state index is 0.0699. The van der Waals surface area contributed by atoms with Gasteiger partial charge in [0.1, 0.15) is 0 Å². The molecule has 3 aromatic carbocycles. The number of hydrogen-bond donors (Lipinski definition) is 0. The molecule has 3 aromatic rings. The van der Waals surface area contributed by atoms with E-state index in [4.69, 9.17) is 11.6 Å². The van der Waals surface area contributed by atoms with Crippen molar-refractivity contribution < 1.29 is 4.79 Å². The highest BCUT2D eigenvalue weighted by molar-refractivity contribution is 8.67. The molecule has 0 N–H and O–H groups in total. The molecule has 0 fully saturated rings. The third-order valence-corrected chi connectivity index (χ3v) is 7.92. The fraction of sp³-hybridized carbons (Fsp3) is 0. The molecule has 3 rings (SSSR count). The number of carbonyl (C=O) groups is 1. The van der Waals surface area contributed by atoms with Gasteiger partial charge >= 0.3 is 0 Å². The van der Waals surface area contributed by atoms with E-state index in [0.717, 1.165) is 0 Å². The van der Waals surface area contributed by atoms with Crippen LogP contribution in [0.1, 0.15) is 10.4 Å².